The number of hydrogen-bond donors (Lipinski definition) is 5. The quantitative estimate of drug-likeness (QED) is 0.0119. The van der Waals surface area contributed by atoms with Crippen LogP contribution in [0.1, 0.15) is 92.6 Å². The molecule has 652 valence electrons. The summed E-state index contributed by atoms with van der Waals surface area (Å²) in [6, 6.07) is 54.0. The Hall–Kier alpha value is -6.82. The number of pyridine rings is 2. The molecule has 0 radical (unpaired) electrons. The Morgan fingerprint density at radius 2 is 0.861 bits per heavy atom. The number of ether oxygens (including phenoxy) is 6. The molecule has 1 aliphatic rings. The third-order valence-corrected chi connectivity index (χ3v) is 20.1. The number of carbonyl (C=O) groups excluding carboxylic acids is 6. The minimum atomic E-state index is -5.94. The molecule has 39 heteroatoms. The largest absolute Gasteiger partial charge is 1.00 e. The molecule has 0 aliphatic carbocycles. The fourth-order valence-electron chi connectivity index (χ4n) is 11.7. The summed E-state index contributed by atoms with van der Waals surface area (Å²) in [5, 5.41) is 24.6. The first-order chi connectivity index (χ1) is 55.1. The number of halogens is 7. The molecular formula is C83H92Cl6IN8NaO18S5. The summed E-state index contributed by atoms with van der Waals surface area (Å²) in [7, 11) is 5.17. The molecule has 7 N–H and O–H groups in total. The van der Waals surface area contributed by atoms with Gasteiger partial charge in [0.25, 0.3) is 5.69 Å². The van der Waals surface area contributed by atoms with Gasteiger partial charge in [0.05, 0.1) is 81.9 Å². The number of nitro groups is 1. The van der Waals surface area contributed by atoms with E-state index in [9.17, 15) is 38.9 Å². The van der Waals surface area contributed by atoms with E-state index in [1.165, 1.54) is 40.6 Å². The van der Waals surface area contributed by atoms with Gasteiger partial charge >= 0.3 is 65.6 Å². The maximum absolute atomic E-state index is 12.5. The van der Waals surface area contributed by atoms with Gasteiger partial charge in [0.1, 0.15) is 55.5 Å². The molecule has 2 aromatic heterocycles. The zero-order valence-corrected chi connectivity index (χ0v) is 81.3. The van der Waals surface area contributed by atoms with Crippen molar-refractivity contribution in [3.63, 3.8) is 0 Å². The van der Waals surface area contributed by atoms with Crippen LogP contribution in [-0.4, -0.2) is 115 Å². The van der Waals surface area contributed by atoms with Crippen molar-refractivity contribution in [3.8, 4) is 22.5 Å². The standard InChI is InChI=1S/C30H32Cl2N2O4S.C24H24Cl2N2O4.C19H16Cl2N2O2.C10H12N2O4.IO4.Na.4H2S/c1-30(2,3)38-29(36)34-25(28(35)37-4)16-18-13-14-23-20(15-18)26(39-19-9-6-5-7-10-19)17-24(33-23)27-21(31)11-8-12-22(27)32;1-24(2,3)32-23(30)28-20(22(29)31-4)13-14-8-10-18-15(12-14)9-11-19(27-18)21-16(25)6-5-7-17(21)26;1-25-19(24)15(22)10-11-5-7-16-12(9-11)6-8-17(23-16)18-13(20)3-2-4-14(18)21;1-16-10(13)9(11)6-7-2-4-8(5-3-7)12(14)15;2-1(3,4)5;;;;;/h5-15,24-26,33H,16-17H2,1-4H3,(H,34,36);5-12,20H,13H2,1-4H3,(H,28,30);2-9,15H,10,22H2,1H3;2-5,9H,6,11H2,1H3;;;4*1H2/q;;;;-1;+1;;;;/t24?,25-,26?;20-;15-;9-;;;;;;/m0000....../s1. The molecule has 10 aromatic rings. The number of carbonyl (C=O) groups is 6. The van der Waals surface area contributed by atoms with Crippen LogP contribution in [0.3, 0.4) is 0 Å². The van der Waals surface area contributed by atoms with Crippen molar-refractivity contribution in [1.29, 1.82) is 0 Å². The van der Waals surface area contributed by atoms with Gasteiger partial charge in [0.15, 0.2) is 0 Å². The number of rotatable bonds is 20. The summed E-state index contributed by atoms with van der Waals surface area (Å²) >= 11 is 34.1. The van der Waals surface area contributed by atoms with Gasteiger partial charge < -0.3 is 55.8 Å². The molecular weight excluding hydrogens is 1920 g/mol. The fourth-order valence-corrected chi connectivity index (χ4v) is 14.8. The normalized spacial score (nSPS) is 13.3. The number of nitrogens with two attached hydrogens (primary N) is 2. The number of nitrogens with zero attached hydrogens (tertiary/aromatic N) is 3. The number of thioether (sulfide) groups is 1. The first-order valence-electron chi connectivity index (χ1n) is 35.5. The predicted molar refractivity (Wildman–Crippen MR) is 483 cm³/mol. The van der Waals surface area contributed by atoms with Crippen LogP contribution >= 0.6 is 135 Å². The summed E-state index contributed by atoms with van der Waals surface area (Å²) in [4.78, 5) is 92.2. The van der Waals surface area contributed by atoms with Crippen molar-refractivity contribution in [2.75, 3.05) is 33.8 Å². The smallest absolute Gasteiger partial charge is 0.468 e. The monoisotopic (exact) mass is 2010 g/mol. The molecule has 122 heavy (non-hydrogen) atoms. The van der Waals surface area contributed by atoms with Crippen LogP contribution in [0.25, 0.3) is 44.3 Å². The maximum Gasteiger partial charge on any atom is 1.00 e. The van der Waals surface area contributed by atoms with Crippen molar-refractivity contribution in [1.82, 2.24) is 20.6 Å². The number of anilines is 1. The summed E-state index contributed by atoms with van der Waals surface area (Å²) in [5.41, 5.74) is 20.7. The molecule has 0 saturated heterocycles. The Bertz CT molecular complexity index is 5110. The van der Waals surface area contributed by atoms with Crippen molar-refractivity contribution in [2.24, 2.45) is 11.5 Å². The van der Waals surface area contributed by atoms with Crippen LogP contribution in [0.2, 0.25) is 30.1 Å². The first-order valence-corrected chi connectivity index (χ1v) is 42.2. The average molecular weight is 2010 g/mol. The van der Waals surface area contributed by atoms with E-state index in [1.807, 2.05) is 109 Å². The molecule has 2 amide bonds. The van der Waals surface area contributed by atoms with Crippen molar-refractivity contribution < 1.29 is 126 Å². The number of alkyl carbamates (subject to hydrolysis) is 2. The molecule has 0 saturated carbocycles. The number of non-ortho nitro benzene ring substituents is 1. The second-order valence-corrected chi connectivity index (χ2v) is 33.7. The topological polar surface area (TPSA) is 407 Å². The van der Waals surface area contributed by atoms with Gasteiger partial charge in [-0.15, -0.1) is 11.8 Å². The Morgan fingerprint density at radius 1 is 0.500 bits per heavy atom. The second-order valence-electron chi connectivity index (χ2n) is 27.9. The molecule has 1 aliphatic heterocycles. The van der Waals surface area contributed by atoms with Gasteiger partial charge in [-0.1, -0.05) is 155 Å². The van der Waals surface area contributed by atoms with E-state index in [-0.39, 0.29) is 113 Å². The van der Waals surface area contributed by atoms with E-state index in [0.29, 0.717) is 65.5 Å². The van der Waals surface area contributed by atoms with Gasteiger partial charge in [-0.05, 0) is 180 Å². The Kier molecular flexibility index (Phi) is 47.7. The third-order valence-electron chi connectivity index (χ3n) is 16.9. The molecule has 3 heterocycles. The van der Waals surface area contributed by atoms with E-state index >= 15 is 0 Å². The predicted octanol–water partition coefficient (Wildman–Crippen LogP) is 8.40. The number of aromatic nitrogens is 2. The number of esters is 4. The van der Waals surface area contributed by atoms with Crippen LogP contribution < -0.4 is 90.8 Å². The summed E-state index contributed by atoms with van der Waals surface area (Å²) in [5.74, 6) is -2.03. The van der Waals surface area contributed by atoms with E-state index in [1.54, 1.807) is 102 Å². The SMILES string of the molecule is COC(=O)[C@@H](N)Cc1ccc([N+](=O)[O-])cc1.COC(=O)[C@@H](N)Cc1ccc2nc(-c3c(Cl)cccc3Cl)ccc2c1.COC(=O)[C@H](Cc1ccc2c(c1)C(Sc1ccccc1)CC(c1c(Cl)cccc1Cl)N2)NC(=O)OC(C)(C)C.COC(=O)[C@H](Cc1ccc2nc(-c3c(Cl)cccc3Cl)ccc2c1)NC(=O)OC(C)(C)C.S.S.S.S.[Na+].[O-][I+3]([O-])([O-])[O-]. The van der Waals surface area contributed by atoms with Gasteiger partial charge in [-0.25, -0.2) is 29.1 Å². The minimum Gasteiger partial charge on any atom is -0.468 e. The van der Waals surface area contributed by atoms with Crippen LogP contribution in [-0.2, 0) is 73.3 Å². The Morgan fingerprint density at radius 3 is 1.25 bits per heavy atom. The minimum absolute atomic E-state index is 0. The number of nitro benzene ring substituents is 1. The molecule has 0 fully saturated rings. The van der Waals surface area contributed by atoms with Crippen LogP contribution in [0.15, 0.2) is 193 Å². The summed E-state index contributed by atoms with van der Waals surface area (Å²) < 4.78 is 64.0. The third kappa shape index (κ3) is 35.5. The van der Waals surface area contributed by atoms with Crippen molar-refractivity contribution in [3.05, 3.63) is 262 Å². The average Bonchev–Trinajstić information content (AvgIpc) is 0.755. The maximum atomic E-state index is 12.5. The van der Waals surface area contributed by atoms with Gasteiger partial charge in [-0.3, -0.25) is 33.4 Å². The molecule has 6 atom stereocenters. The number of nitrogens with one attached hydrogen (secondary N) is 3. The Balaban J connectivity index is 0.000000552. The van der Waals surface area contributed by atoms with Crippen LogP contribution in [0.4, 0.5) is 21.0 Å². The summed E-state index contributed by atoms with van der Waals surface area (Å²) in [6.45, 7) is 10.6. The van der Waals surface area contributed by atoms with E-state index in [4.69, 9.17) is 114 Å². The van der Waals surface area contributed by atoms with Crippen LogP contribution in [0, 0.1) is 10.1 Å². The zero-order valence-electron chi connectivity index (χ0n) is 67.8. The molecule has 2 unspecified atom stereocenters. The molecule has 11 rings (SSSR count). The summed E-state index contributed by atoms with van der Waals surface area (Å²) in [6.07, 6.45) is 0.578. The zero-order chi connectivity index (χ0) is 86.2. The van der Waals surface area contributed by atoms with Gasteiger partial charge in [0, 0.05) is 78.3 Å². The van der Waals surface area contributed by atoms with Crippen LogP contribution in [0.5, 0.6) is 0 Å². The number of hydrogen-bond acceptors (Lipinski definition) is 24. The number of benzene rings is 8. The number of fused-ring (bicyclic) bond motifs is 3. The van der Waals surface area contributed by atoms with Crippen molar-refractivity contribution >= 4 is 205 Å². The molecule has 26 nitrogen and oxygen atoms in total. The molecule has 0 spiro atoms. The number of methoxy groups -OCH3 is 4. The van der Waals surface area contributed by atoms with Crippen molar-refractivity contribution in [2.45, 2.75) is 125 Å². The van der Waals surface area contributed by atoms with E-state index in [0.717, 1.165) is 72.2 Å². The first kappa shape index (κ1) is 111. The van der Waals surface area contributed by atoms with Gasteiger partial charge in [-0.2, -0.15) is 54.0 Å². The fraction of sp³-hybridized carbons (Fsp3) is 0.277. The number of amides is 2. The second kappa shape index (κ2) is 52.3. The van der Waals surface area contributed by atoms with E-state index < -0.39 is 96.4 Å². The van der Waals surface area contributed by atoms with E-state index in [2.05, 4.69) is 53.6 Å². The Labute approximate surface area is 797 Å². The van der Waals surface area contributed by atoms with Gasteiger partial charge in [0.2, 0.25) is 0 Å². The molecule has 8 aromatic carbocycles. The molecule has 0 bridgehead atoms.